The second-order valence-corrected chi connectivity index (χ2v) is 10.6. The van der Waals surface area contributed by atoms with Gasteiger partial charge in [-0.15, -0.1) is 5.10 Å². The number of tetrazole rings is 1. The zero-order chi connectivity index (χ0) is 25.4. The number of benzene rings is 1. The molecule has 0 spiro atoms. The van der Waals surface area contributed by atoms with Crippen molar-refractivity contribution in [2.45, 2.75) is 64.6 Å². The molecule has 9 nitrogen and oxygen atoms in total. The lowest BCUT2D eigenvalue weighted by atomic mass is 9.93. The van der Waals surface area contributed by atoms with Gasteiger partial charge >= 0.3 is 0 Å². The standard InChI is InChI=1S/C28H35N7O2/c1-19-15-20(2)25-21(16-19)17-24(28(36)29-25)26(27-30-31-32-35(27)18-23-9-6-14-37-23)34-12-10-33(11-13-34)22-7-4-3-5-8-22/h6,9,14-17,22,26H,3-5,7-8,10-13,18H2,1-2H3,(H,29,36). The molecule has 4 aromatic rings. The number of piperazine rings is 1. The van der Waals surface area contributed by atoms with Crippen LogP contribution in [0.1, 0.15) is 66.4 Å². The molecule has 1 unspecified atom stereocenters. The fourth-order valence-corrected chi connectivity index (χ4v) is 6.28. The lowest BCUT2D eigenvalue weighted by Crippen LogP contribution is -2.52. The SMILES string of the molecule is Cc1cc(C)c2[nH]c(=O)c(C(c3nnnn3Cc3ccco3)N3CCN(C4CCCCC4)CC3)cc2c1. The van der Waals surface area contributed by atoms with E-state index in [-0.39, 0.29) is 11.6 Å². The van der Waals surface area contributed by atoms with Gasteiger partial charge in [0.25, 0.3) is 5.56 Å². The molecular weight excluding hydrogens is 466 g/mol. The average molecular weight is 502 g/mol. The number of nitrogens with zero attached hydrogens (tertiary/aromatic N) is 6. The van der Waals surface area contributed by atoms with Crippen LogP contribution in [0, 0.1) is 13.8 Å². The van der Waals surface area contributed by atoms with E-state index in [2.05, 4.69) is 49.4 Å². The second-order valence-electron chi connectivity index (χ2n) is 10.6. The molecule has 1 aliphatic carbocycles. The predicted octanol–water partition coefficient (Wildman–Crippen LogP) is 3.81. The van der Waals surface area contributed by atoms with Gasteiger partial charge in [-0.3, -0.25) is 14.6 Å². The summed E-state index contributed by atoms with van der Waals surface area (Å²) in [6, 6.07) is 10.4. The summed E-state index contributed by atoms with van der Waals surface area (Å²) in [5.74, 6) is 1.44. The summed E-state index contributed by atoms with van der Waals surface area (Å²) in [6.45, 7) is 8.24. The zero-order valence-electron chi connectivity index (χ0n) is 21.7. The Morgan fingerprint density at radius 3 is 2.65 bits per heavy atom. The van der Waals surface area contributed by atoms with Crippen LogP contribution in [-0.2, 0) is 6.54 Å². The van der Waals surface area contributed by atoms with Crippen molar-refractivity contribution in [3.05, 3.63) is 75.2 Å². The molecule has 4 heterocycles. The first-order chi connectivity index (χ1) is 18.1. The summed E-state index contributed by atoms with van der Waals surface area (Å²) in [4.78, 5) is 21.8. The summed E-state index contributed by atoms with van der Waals surface area (Å²) < 4.78 is 7.34. The van der Waals surface area contributed by atoms with Gasteiger partial charge in [-0.1, -0.05) is 30.9 Å². The van der Waals surface area contributed by atoms with E-state index in [0.29, 0.717) is 24.0 Å². The highest BCUT2D eigenvalue weighted by Gasteiger charge is 2.34. The van der Waals surface area contributed by atoms with Crippen molar-refractivity contribution < 1.29 is 4.42 Å². The number of furan rings is 1. The Morgan fingerprint density at radius 1 is 1.08 bits per heavy atom. The fourth-order valence-electron chi connectivity index (χ4n) is 6.28. The second kappa shape index (κ2) is 10.2. The molecule has 0 radical (unpaired) electrons. The van der Waals surface area contributed by atoms with Gasteiger partial charge in [0.1, 0.15) is 18.3 Å². The smallest absolute Gasteiger partial charge is 0.253 e. The maximum absolute atomic E-state index is 13.6. The van der Waals surface area contributed by atoms with Crippen LogP contribution in [0.15, 0.2) is 45.8 Å². The number of aromatic nitrogens is 5. The van der Waals surface area contributed by atoms with Crippen molar-refractivity contribution in [2.75, 3.05) is 26.2 Å². The third-order valence-electron chi connectivity index (χ3n) is 8.11. The van der Waals surface area contributed by atoms with Gasteiger partial charge in [0.05, 0.1) is 11.8 Å². The van der Waals surface area contributed by atoms with Crippen molar-refractivity contribution >= 4 is 10.9 Å². The van der Waals surface area contributed by atoms with E-state index >= 15 is 0 Å². The maximum atomic E-state index is 13.6. The molecule has 3 aromatic heterocycles. The molecular formula is C28H35N7O2. The molecule has 194 valence electrons. The van der Waals surface area contributed by atoms with Crippen LogP contribution in [0.4, 0.5) is 0 Å². The van der Waals surface area contributed by atoms with Gasteiger partial charge in [0, 0.05) is 37.8 Å². The Balaban J connectivity index is 1.38. The number of fused-ring (bicyclic) bond motifs is 1. The highest BCUT2D eigenvalue weighted by Crippen LogP contribution is 2.31. The first-order valence-corrected chi connectivity index (χ1v) is 13.5. The number of aromatic amines is 1. The average Bonchev–Trinajstić information content (AvgIpc) is 3.59. The van der Waals surface area contributed by atoms with Crippen LogP contribution < -0.4 is 5.56 Å². The number of aryl methyl sites for hydroxylation is 2. The maximum Gasteiger partial charge on any atom is 0.253 e. The first kappa shape index (κ1) is 24.1. The van der Waals surface area contributed by atoms with Crippen LogP contribution in [0.5, 0.6) is 0 Å². The van der Waals surface area contributed by atoms with E-state index in [9.17, 15) is 4.79 Å². The van der Waals surface area contributed by atoms with Crippen LogP contribution in [-0.4, -0.2) is 67.2 Å². The van der Waals surface area contributed by atoms with Crippen molar-refractivity contribution in [3.8, 4) is 0 Å². The summed E-state index contributed by atoms with van der Waals surface area (Å²) in [7, 11) is 0. The van der Waals surface area contributed by atoms with Crippen molar-refractivity contribution in [1.82, 2.24) is 35.0 Å². The van der Waals surface area contributed by atoms with E-state index in [1.54, 1.807) is 10.9 Å². The lowest BCUT2D eigenvalue weighted by Gasteiger charge is -2.42. The van der Waals surface area contributed by atoms with Gasteiger partial charge in [-0.2, -0.15) is 0 Å². The molecule has 2 fully saturated rings. The molecule has 1 N–H and O–H groups in total. The van der Waals surface area contributed by atoms with Crippen molar-refractivity contribution in [1.29, 1.82) is 0 Å². The minimum Gasteiger partial charge on any atom is -0.467 e. The molecule has 1 saturated heterocycles. The Kier molecular flexibility index (Phi) is 6.65. The molecule has 1 saturated carbocycles. The highest BCUT2D eigenvalue weighted by molar-refractivity contribution is 5.83. The number of nitrogens with one attached hydrogen (secondary N) is 1. The quantitative estimate of drug-likeness (QED) is 0.429. The van der Waals surface area contributed by atoms with Gasteiger partial charge in [0.15, 0.2) is 5.82 Å². The van der Waals surface area contributed by atoms with Crippen molar-refractivity contribution in [3.63, 3.8) is 0 Å². The first-order valence-electron chi connectivity index (χ1n) is 13.5. The van der Waals surface area contributed by atoms with Crippen LogP contribution in [0.25, 0.3) is 10.9 Å². The Morgan fingerprint density at radius 2 is 1.89 bits per heavy atom. The number of hydrogen-bond acceptors (Lipinski definition) is 7. The van der Waals surface area contributed by atoms with Gasteiger partial charge in [-0.05, 0) is 72.3 Å². The minimum absolute atomic E-state index is 0.0910. The minimum atomic E-state index is -0.354. The summed E-state index contributed by atoms with van der Waals surface area (Å²) >= 11 is 0. The topological polar surface area (TPSA) is 96.1 Å². The Labute approximate surface area is 216 Å². The summed E-state index contributed by atoms with van der Waals surface area (Å²) in [5, 5.41) is 13.8. The van der Waals surface area contributed by atoms with E-state index < -0.39 is 0 Å². The zero-order valence-corrected chi connectivity index (χ0v) is 21.7. The summed E-state index contributed by atoms with van der Waals surface area (Å²) in [5.41, 5.74) is 3.71. The molecule has 6 rings (SSSR count). The number of pyridine rings is 1. The number of rotatable bonds is 6. The van der Waals surface area contributed by atoms with Crippen LogP contribution >= 0.6 is 0 Å². The molecule has 1 aromatic carbocycles. The lowest BCUT2D eigenvalue weighted by molar-refractivity contribution is 0.0617. The van der Waals surface area contributed by atoms with E-state index in [1.807, 2.05) is 25.1 Å². The monoisotopic (exact) mass is 501 g/mol. The molecule has 0 amide bonds. The van der Waals surface area contributed by atoms with Crippen molar-refractivity contribution in [2.24, 2.45) is 0 Å². The molecule has 37 heavy (non-hydrogen) atoms. The normalized spacial score (nSPS) is 19.0. The fraction of sp³-hybridized carbons (Fsp3) is 0.500. The molecule has 1 atom stereocenters. The number of hydrogen-bond donors (Lipinski definition) is 1. The van der Waals surface area contributed by atoms with E-state index in [1.165, 1.54) is 37.7 Å². The van der Waals surface area contributed by atoms with Gasteiger partial charge in [-0.25, -0.2) is 4.68 Å². The largest absolute Gasteiger partial charge is 0.467 e. The Bertz CT molecular complexity index is 1410. The predicted molar refractivity (Wildman–Crippen MR) is 142 cm³/mol. The summed E-state index contributed by atoms with van der Waals surface area (Å²) in [6.07, 6.45) is 8.28. The van der Waals surface area contributed by atoms with E-state index in [0.717, 1.165) is 48.4 Å². The third-order valence-corrected chi connectivity index (χ3v) is 8.11. The van der Waals surface area contributed by atoms with Gasteiger partial charge in [0.2, 0.25) is 0 Å². The molecule has 0 bridgehead atoms. The molecule has 2 aliphatic rings. The Hall–Kier alpha value is -3.30. The third kappa shape index (κ3) is 4.85. The molecule has 9 heteroatoms. The van der Waals surface area contributed by atoms with E-state index in [4.69, 9.17) is 4.42 Å². The highest BCUT2D eigenvalue weighted by atomic mass is 16.3. The number of H-pyrrole nitrogens is 1. The van der Waals surface area contributed by atoms with Crippen LogP contribution in [0.2, 0.25) is 0 Å². The van der Waals surface area contributed by atoms with Gasteiger partial charge < -0.3 is 9.40 Å². The van der Waals surface area contributed by atoms with Crippen LogP contribution in [0.3, 0.4) is 0 Å². The molecule has 1 aliphatic heterocycles.